The highest BCUT2D eigenvalue weighted by Crippen LogP contribution is 2.15. The number of unbranched alkanes of at least 4 members (excludes halogenated alkanes) is 32. The Labute approximate surface area is 366 Å². The number of ether oxygens (including phenoxy) is 1. The standard InChI is InChI=1S/C53H99NO5/c1-3-5-7-9-11-13-15-16-17-18-19-23-27-31-35-39-43-47-53(58)59-48-44-40-36-32-28-24-21-20-22-26-30-34-38-42-46-52(57)54-50(49-55)51(56)45-41-37-33-29-25-14-12-10-8-6-4-2/h11,13,16-17,41,45,50-51,55-56H,3-10,12,14-15,18-40,42-44,46-49H2,1-2H3,(H,54,57)/b13-11-,17-16-,45-41+. The van der Waals surface area contributed by atoms with Crippen molar-refractivity contribution in [2.45, 2.75) is 276 Å². The van der Waals surface area contributed by atoms with Crippen molar-refractivity contribution in [1.82, 2.24) is 5.32 Å². The molecule has 0 aliphatic heterocycles. The zero-order chi connectivity index (χ0) is 43.0. The SMILES string of the molecule is CCCCC/C=C\C/C=C\CCCCCCCCCC(=O)OCCCCCCCCCCCCCCCCC(=O)NC(CO)C(O)/C=C/CCCCCCCCCCC. The average Bonchev–Trinajstić information content (AvgIpc) is 3.24. The zero-order valence-electron chi connectivity index (χ0n) is 39.2. The van der Waals surface area contributed by atoms with Crippen LogP contribution < -0.4 is 5.32 Å². The second-order valence-corrected chi connectivity index (χ2v) is 17.5. The Hall–Kier alpha value is -1.92. The summed E-state index contributed by atoms with van der Waals surface area (Å²) in [7, 11) is 0. The fraction of sp³-hybridized carbons (Fsp3) is 0.849. The quantitative estimate of drug-likeness (QED) is 0.0323. The van der Waals surface area contributed by atoms with Crippen molar-refractivity contribution in [3.05, 3.63) is 36.5 Å². The van der Waals surface area contributed by atoms with Gasteiger partial charge in [0.05, 0.1) is 25.4 Å². The van der Waals surface area contributed by atoms with Gasteiger partial charge in [-0.1, -0.05) is 224 Å². The van der Waals surface area contributed by atoms with E-state index in [9.17, 15) is 19.8 Å². The van der Waals surface area contributed by atoms with Gasteiger partial charge in [-0.15, -0.1) is 0 Å². The van der Waals surface area contributed by atoms with Gasteiger partial charge in [-0.2, -0.15) is 0 Å². The number of rotatable bonds is 47. The van der Waals surface area contributed by atoms with Crippen LogP contribution in [-0.2, 0) is 14.3 Å². The van der Waals surface area contributed by atoms with Crippen LogP contribution in [0.1, 0.15) is 264 Å². The first kappa shape index (κ1) is 57.1. The summed E-state index contributed by atoms with van der Waals surface area (Å²) in [5, 5.41) is 23.0. The van der Waals surface area contributed by atoms with Crippen molar-refractivity contribution in [1.29, 1.82) is 0 Å². The monoisotopic (exact) mass is 830 g/mol. The van der Waals surface area contributed by atoms with Gasteiger partial charge >= 0.3 is 5.97 Å². The third-order valence-corrected chi connectivity index (χ3v) is 11.7. The van der Waals surface area contributed by atoms with E-state index < -0.39 is 12.1 Å². The van der Waals surface area contributed by atoms with Crippen LogP contribution in [0.5, 0.6) is 0 Å². The maximum absolute atomic E-state index is 12.4. The van der Waals surface area contributed by atoms with E-state index in [1.165, 1.54) is 173 Å². The first-order chi connectivity index (χ1) is 29.0. The Morgan fingerprint density at radius 2 is 0.847 bits per heavy atom. The lowest BCUT2D eigenvalue weighted by Gasteiger charge is -2.20. The summed E-state index contributed by atoms with van der Waals surface area (Å²) in [4.78, 5) is 24.4. The van der Waals surface area contributed by atoms with Crippen molar-refractivity contribution >= 4 is 11.9 Å². The number of aliphatic hydroxyl groups excluding tert-OH is 2. The highest BCUT2D eigenvalue weighted by Gasteiger charge is 2.18. The molecule has 2 atom stereocenters. The van der Waals surface area contributed by atoms with Crippen molar-refractivity contribution in [3.8, 4) is 0 Å². The lowest BCUT2D eigenvalue weighted by molar-refractivity contribution is -0.143. The molecule has 59 heavy (non-hydrogen) atoms. The molecule has 0 heterocycles. The highest BCUT2D eigenvalue weighted by molar-refractivity contribution is 5.76. The average molecular weight is 830 g/mol. The molecule has 6 nitrogen and oxygen atoms in total. The van der Waals surface area contributed by atoms with Gasteiger partial charge in [-0.05, 0) is 64.2 Å². The molecule has 0 aromatic carbocycles. The Kier molecular flexibility index (Phi) is 47.2. The van der Waals surface area contributed by atoms with Crippen molar-refractivity contribution in [2.75, 3.05) is 13.2 Å². The normalized spacial score (nSPS) is 12.9. The molecule has 3 N–H and O–H groups in total. The number of nitrogens with one attached hydrogen (secondary N) is 1. The van der Waals surface area contributed by atoms with Crippen LogP contribution in [-0.4, -0.2) is 47.4 Å². The van der Waals surface area contributed by atoms with Crippen LogP contribution in [0.4, 0.5) is 0 Å². The third-order valence-electron chi connectivity index (χ3n) is 11.7. The van der Waals surface area contributed by atoms with E-state index in [2.05, 4.69) is 43.5 Å². The molecule has 0 aromatic rings. The molecule has 6 heteroatoms. The molecule has 0 aliphatic carbocycles. The third kappa shape index (κ3) is 45.4. The molecule has 0 radical (unpaired) electrons. The fourth-order valence-electron chi connectivity index (χ4n) is 7.66. The van der Waals surface area contributed by atoms with Gasteiger partial charge in [-0.3, -0.25) is 9.59 Å². The van der Waals surface area contributed by atoms with Crippen LogP contribution in [0.25, 0.3) is 0 Å². The molecule has 0 saturated heterocycles. The number of aliphatic hydroxyl groups is 2. The first-order valence-corrected chi connectivity index (χ1v) is 25.8. The van der Waals surface area contributed by atoms with E-state index in [-0.39, 0.29) is 18.5 Å². The number of amides is 1. The molecule has 0 aromatic heterocycles. The Balaban J connectivity index is 3.45. The van der Waals surface area contributed by atoms with Crippen LogP contribution in [0.3, 0.4) is 0 Å². The van der Waals surface area contributed by atoms with E-state index in [4.69, 9.17) is 4.74 Å². The van der Waals surface area contributed by atoms with Crippen LogP contribution >= 0.6 is 0 Å². The number of carbonyl (C=O) groups excluding carboxylic acids is 2. The van der Waals surface area contributed by atoms with Gasteiger partial charge in [0.2, 0.25) is 5.91 Å². The van der Waals surface area contributed by atoms with Gasteiger partial charge in [0.1, 0.15) is 0 Å². The molecule has 0 rings (SSSR count). The summed E-state index contributed by atoms with van der Waals surface area (Å²) in [6, 6.07) is -0.635. The molecule has 2 unspecified atom stereocenters. The smallest absolute Gasteiger partial charge is 0.305 e. The molecular weight excluding hydrogens is 731 g/mol. The van der Waals surface area contributed by atoms with E-state index in [0.29, 0.717) is 19.4 Å². The Morgan fingerprint density at radius 1 is 0.475 bits per heavy atom. The minimum atomic E-state index is -0.850. The van der Waals surface area contributed by atoms with Crippen molar-refractivity contribution in [3.63, 3.8) is 0 Å². The predicted octanol–water partition coefficient (Wildman–Crippen LogP) is 15.3. The van der Waals surface area contributed by atoms with Gasteiger partial charge < -0.3 is 20.3 Å². The van der Waals surface area contributed by atoms with Crippen LogP contribution in [0.15, 0.2) is 36.5 Å². The molecule has 0 aliphatic rings. The fourth-order valence-corrected chi connectivity index (χ4v) is 7.66. The maximum atomic E-state index is 12.4. The molecule has 1 amide bonds. The number of allylic oxidation sites excluding steroid dienone is 5. The van der Waals surface area contributed by atoms with Gasteiger partial charge in [0.25, 0.3) is 0 Å². The molecular formula is C53H99NO5. The summed E-state index contributed by atoms with van der Waals surface area (Å²) in [5.74, 6) is -0.0929. The topological polar surface area (TPSA) is 95.9 Å². The lowest BCUT2D eigenvalue weighted by Crippen LogP contribution is -2.45. The van der Waals surface area contributed by atoms with Crippen LogP contribution in [0.2, 0.25) is 0 Å². The number of carbonyl (C=O) groups is 2. The van der Waals surface area contributed by atoms with E-state index >= 15 is 0 Å². The summed E-state index contributed by atoms with van der Waals surface area (Å²) < 4.78 is 5.47. The largest absolute Gasteiger partial charge is 0.466 e. The highest BCUT2D eigenvalue weighted by atomic mass is 16.5. The second-order valence-electron chi connectivity index (χ2n) is 17.5. The maximum Gasteiger partial charge on any atom is 0.305 e. The zero-order valence-corrected chi connectivity index (χ0v) is 39.2. The first-order valence-electron chi connectivity index (χ1n) is 25.8. The summed E-state index contributed by atoms with van der Waals surface area (Å²) >= 11 is 0. The molecule has 346 valence electrons. The number of hydrogen-bond donors (Lipinski definition) is 3. The molecule has 0 bridgehead atoms. The lowest BCUT2D eigenvalue weighted by atomic mass is 10.0. The molecule has 0 spiro atoms. The van der Waals surface area contributed by atoms with Gasteiger partial charge in [0.15, 0.2) is 0 Å². The number of esters is 1. The van der Waals surface area contributed by atoms with E-state index in [1.807, 2.05) is 6.08 Å². The Bertz CT molecular complexity index is 962. The molecule has 0 saturated carbocycles. The minimum Gasteiger partial charge on any atom is -0.466 e. The summed E-state index contributed by atoms with van der Waals surface area (Å²) in [5.41, 5.74) is 0. The van der Waals surface area contributed by atoms with Gasteiger partial charge in [-0.25, -0.2) is 0 Å². The van der Waals surface area contributed by atoms with Crippen LogP contribution in [0, 0.1) is 0 Å². The second kappa shape index (κ2) is 48.7. The number of hydrogen-bond acceptors (Lipinski definition) is 5. The van der Waals surface area contributed by atoms with E-state index in [1.54, 1.807) is 6.08 Å². The van der Waals surface area contributed by atoms with Crippen molar-refractivity contribution < 1.29 is 24.5 Å². The van der Waals surface area contributed by atoms with E-state index in [0.717, 1.165) is 64.2 Å². The summed E-state index contributed by atoms with van der Waals surface area (Å²) in [6.45, 7) is 4.83. The summed E-state index contributed by atoms with van der Waals surface area (Å²) in [6.07, 6.45) is 58.5. The predicted molar refractivity (Wildman–Crippen MR) is 255 cm³/mol. The van der Waals surface area contributed by atoms with Gasteiger partial charge in [0, 0.05) is 12.8 Å². The minimum absolute atomic E-state index is 0.0120. The Morgan fingerprint density at radius 3 is 1.32 bits per heavy atom. The molecule has 0 fully saturated rings. The van der Waals surface area contributed by atoms with Crippen molar-refractivity contribution in [2.24, 2.45) is 0 Å².